The highest BCUT2D eigenvalue weighted by Crippen LogP contribution is 2.31. The zero-order valence-corrected chi connectivity index (χ0v) is 11.7. The minimum atomic E-state index is -1.30. The number of benzene rings is 2. The van der Waals surface area contributed by atoms with Crippen molar-refractivity contribution < 1.29 is 19.4 Å². The number of rotatable bonds is 4. The lowest BCUT2D eigenvalue weighted by Gasteiger charge is -2.11. The summed E-state index contributed by atoms with van der Waals surface area (Å²) in [7, 11) is 3.12. The Bertz CT molecular complexity index is 630. The molecule has 0 aliphatic carbocycles. The summed E-state index contributed by atoms with van der Waals surface area (Å²) in [6, 6.07) is 10.0. The van der Waals surface area contributed by atoms with Gasteiger partial charge in [0.05, 0.1) is 25.2 Å². The lowest BCUT2D eigenvalue weighted by molar-refractivity contribution is -0.255. The first kappa shape index (κ1) is 14.2. The number of hydrogen-bond donors (Lipinski definition) is 0. The van der Waals surface area contributed by atoms with E-state index in [-0.39, 0.29) is 10.6 Å². The summed E-state index contributed by atoms with van der Waals surface area (Å²) < 4.78 is 10.4. The van der Waals surface area contributed by atoms with Gasteiger partial charge in [-0.25, -0.2) is 0 Å². The van der Waals surface area contributed by atoms with Gasteiger partial charge in [0.25, 0.3) is 0 Å². The molecule has 0 spiro atoms. The molecule has 2 aromatic rings. The van der Waals surface area contributed by atoms with Crippen molar-refractivity contribution in [3.05, 3.63) is 47.0 Å². The molecule has 2 aromatic carbocycles. The second-order valence-corrected chi connectivity index (χ2v) is 4.49. The predicted molar refractivity (Wildman–Crippen MR) is 74.3 cm³/mol. The fourth-order valence-corrected chi connectivity index (χ4v) is 2.09. The topological polar surface area (TPSA) is 58.6 Å². The van der Waals surface area contributed by atoms with E-state index in [1.54, 1.807) is 32.4 Å². The summed E-state index contributed by atoms with van der Waals surface area (Å²) in [4.78, 5) is 10.8. The summed E-state index contributed by atoms with van der Waals surface area (Å²) in [5.74, 6) is -0.0244. The number of carboxylic acid groups (broad SMARTS) is 1. The van der Waals surface area contributed by atoms with Crippen LogP contribution in [0.2, 0.25) is 5.02 Å². The van der Waals surface area contributed by atoms with Gasteiger partial charge in [-0.05, 0) is 29.3 Å². The number of aromatic carboxylic acids is 1. The van der Waals surface area contributed by atoms with Crippen LogP contribution in [0.25, 0.3) is 11.1 Å². The number of hydrogen-bond acceptors (Lipinski definition) is 4. The molecule has 0 atom stereocenters. The van der Waals surface area contributed by atoms with Gasteiger partial charge in [-0.3, -0.25) is 0 Å². The minimum absolute atomic E-state index is 0.0368. The van der Waals surface area contributed by atoms with Crippen molar-refractivity contribution in [1.82, 2.24) is 0 Å². The van der Waals surface area contributed by atoms with E-state index >= 15 is 0 Å². The van der Waals surface area contributed by atoms with Crippen LogP contribution in [-0.4, -0.2) is 20.2 Å². The summed E-state index contributed by atoms with van der Waals surface area (Å²) in [5, 5.41) is 11.0. The molecule has 0 aromatic heterocycles. The molecule has 0 fully saturated rings. The Labute approximate surface area is 121 Å². The van der Waals surface area contributed by atoms with Crippen molar-refractivity contribution in [3.8, 4) is 22.6 Å². The van der Waals surface area contributed by atoms with Crippen molar-refractivity contribution in [2.24, 2.45) is 0 Å². The molecule has 0 N–H and O–H groups in total. The van der Waals surface area contributed by atoms with Crippen molar-refractivity contribution in [2.45, 2.75) is 0 Å². The average molecular weight is 292 g/mol. The van der Waals surface area contributed by atoms with Crippen LogP contribution in [0.1, 0.15) is 10.4 Å². The number of methoxy groups -OCH3 is 2. The van der Waals surface area contributed by atoms with Crippen molar-refractivity contribution >= 4 is 17.6 Å². The van der Waals surface area contributed by atoms with Crippen LogP contribution >= 0.6 is 11.6 Å². The Kier molecular flexibility index (Phi) is 4.15. The summed E-state index contributed by atoms with van der Waals surface area (Å²) in [6.45, 7) is 0. The van der Waals surface area contributed by atoms with E-state index < -0.39 is 5.97 Å². The van der Waals surface area contributed by atoms with Crippen molar-refractivity contribution in [1.29, 1.82) is 0 Å². The zero-order chi connectivity index (χ0) is 14.7. The molecule has 4 nitrogen and oxygen atoms in total. The van der Waals surface area contributed by atoms with E-state index in [9.17, 15) is 9.90 Å². The number of carboxylic acids is 1. The van der Waals surface area contributed by atoms with E-state index in [1.807, 2.05) is 12.1 Å². The highest BCUT2D eigenvalue weighted by atomic mass is 35.5. The minimum Gasteiger partial charge on any atom is -0.545 e. The third-order valence-electron chi connectivity index (χ3n) is 2.87. The van der Waals surface area contributed by atoms with Crippen LogP contribution in [0, 0.1) is 0 Å². The predicted octanol–water partition coefficient (Wildman–Crippen LogP) is 2.39. The van der Waals surface area contributed by atoms with E-state index in [4.69, 9.17) is 21.1 Å². The largest absolute Gasteiger partial charge is 0.545 e. The number of carbonyl (C=O) groups is 1. The second kappa shape index (κ2) is 5.84. The lowest BCUT2D eigenvalue weighted by atomic mass is 10.0. The van der Waals surface area contributed by atoms with Crippen molar-refractivity contribution in [2.75, 3.05) is 14.2 Å². The van der Waals surface area contributed by atoms with Gasteiger partial charge in [-0.15, -0.1) is 0 Å². The Morgan fingerprint density at radius 1 is 1.00 bits per heavy atom. The van der Waals surface area contributed by atoms with E-state index in [1.165, 1.54) is 6.07 Å². The van der Waals surface area contributed by atoms with Gasteiger partial charge in [0.15, 0.2) is 0 Å². The monoisotopic (exact) mass is 291 g/mol. The van der Waals surface area contributed by atoms with Crippen molar-refractivity contribution in [3.63, 3.8) is 0 Å². The summed E-state index contributed by atoms with van der Waals surface area (Å²) in [5.41, 5.74) is 1.54. The van der Waals surface area contributed by atoms with Gasteiger partial charge >= 0.3 is 0 Å². The molecule has 2 rings (SSSR count). The van der Waals surface area contributed by atoms with Gasteiger partial charge < -0.3 is 19.4 Å². The smallest absolute Gasteiger partial charge is 0.123 e. The highest BCUT2D eigenvalue weighted by Gasteiger charge is 2.07. The van der Waals surface area contributed by atoms with Crippen LogP contribution in [0.15, 0.2) is 36.4 Å². The van der Waals surface area contributed by atoms with Gasteiger partial charge in [0, 0.05) is 11.6 Å². The third kappa shape index (κ3) is 2.86. The van der Waals surface area contributed by atoms with Gasteiger partial charge in [-0.2, -0.15) is 0 Å². The van der Waals surface area contributed by atoms with E-state index in [0.29, 0.717) is 11.5 Å². The first-order valence-corrected chi connectivity index (χ1v) is 6.17. The molecule has 20 heavy (non-hydrogen) atoms. The summed E-state index contributed by atoms with van der Waals surface area (Å²) in [6.07, 6.45) is 0. The quantitative estimate of drug-likeness (QED) is 0.868. The molecule has 0 unspecified atom stereocenters. The zero-order valence-electron chi connectivity index (χ0n) is 11.0. The standard InChI is InChI=1S/C15H13ClO4/c1-19-11-5-10(6-12(8-11)20-2)9-3-4-13(15(17)18)14(16)7-9/h3-8H,1-2H3,(H,17,18)/p-1. The van der Waals surface area contributed by atoms with Crippen LogP contribution in [0.5, 0.6) is 11.5 Å². The Balaban J connectivity index is 2.51. The third-order valence-corrected chi connectivity index (χ3v) is 3.19. The normalized spacial score (nSPS) is 10.2. The summed E-state index contributed by atoms with van der Waals surface area (Å²) >= 11 is 5.94. The van der Waals surface area contributed by atoms with Crippen LogP contribution in [-0.2, 0) is 0 Å². The number of halogens is 1. The number of ether oxygens (including phenoxy) is 2. The molecule has 0 radical (unpaired) electrons. The van der Waals surface area contributed by atoms with Gasteiger partial charge in [0.2, 0.25) is 0 Å². The maximum Gasteiger partial charge on any atom is 0.123 e. The van der Waals surface area contributed by atoms with Crippen LogP contribution in [0.4, 0.5) is 0 Å². The van der Waals surface area contributed by atoms with E-state index in [2.05, 4.69) is 0 Å². The molecule has 0 amide bonds. The van der Waals surface area contributed by atoms with Gasteiger partial charge in [0.1, 0.15) is 11.5 Å². The Morgan fingerprint density at radius 2 is 1.60 bits per heavy atom. The average Bonchev–Trinajstić information content (AvgIpc) is 2.46. The Morgan fingerprint density at radius 3 is 2.05 bits per heavy atom. The van der Waals surface area contributed by atoms with Crippen LogP contribution in [0.3, 0.4) is 0 Å². The molecule has 5 heteroatoms. The molecule has 0 saturated carbocycles. The fraction of sp³-hybridized carbons (Fsp3) is 0.133. The SMILES string of the molecule is COc1cc(OC)cc(-c2ccc(C(=O)[O-])c(Cl)c2)c1. The maximum absolute atomic E-state index is 10.8. The number of carbonyl (C=O) groups excluding carboxylic acids is 1. The maximum atomic E-state index is 10.8. The molecular formula is C15H12ClO4-. The molecule has 0 aliphatic heterocycles. The molecule has 0 bridgehead atoms. The lowest BCUT2D eigenvalue weighted by Crippen LogP contribution is -2.22. The second-order valence-electron chi connectivity index (χ2n) is 4.08. The van der Waals surface area contributed by atoms with Crippen LogP contribution < -0.4 is 14.6 Å². The molecule has 0 aliphatic rings. The van der Waals surface area contributed by atoms with Gasteiger partial charge in [-0.1, -0.05) is 23.7 Å². The molecule has 0 saturated heterocycles. The first-order valence-electron chi connectivity index (χ1n) is 5.79. The first-order chi connectivity index (χ1) is 9.55. The highest BCUT2D eigenvalue weighted by molar-refractivity contribution is 6.33. The van der Waals surface area contributed by atoms with E-state index in [0.717, 1.165) is 11.1 Å². The molecule has 104 valence electrons. The fourth-order valence-electron chi connectivity index (χ4n) is 1.83. The molecular weight excluding hydrogens is 280 g/mol. The Hall–Kier alpha value is -2.20. The molecule has 0 heterocycles.